The van der Waals surface area contributed by atoms with Gasteiger partial charge in [0.2, 0.25) is 5.91 Å². The van der Waals surface area contributed by atoms with E-state index in [1.54, 1.807) is 15.9 Å². The summed E-state index contributed by atoms with van der Waals surface area (Å²) in [6.45, 7) is 2.62. The second-order valence-corrected chi connectivity index (χ2v) is 5.62. The zero-order valence-electron chi connectivity index (χ0n) is 13.3. The molecule has 0 aromatic heterocycles. The van der Waals surface area contributed by atoms with E-state index >= 15 is 0 Å². The van der Waals surface area contributed by atoms with Gasteiger partial charge in [-0.1, -0.05) is 18.2 Å². The minimum absolute atomic E-state index is 0.0691. The molecule has 0 bridgehead atoms. The van der Waals surface area contributed by atoms with E-state index in [2.05, 4.69) is 0 Å². The number of halogens is 3. The lowest BCUT2D eigenvalue weighted by Gasteiger charge is -2.41. The number of benzene rings is 1. The molecule has 1 amide bonds. The summed E-state index contributed by atoms with van der Waals surface area (Å²) >= 11 is 0. The van der Waals surface area contributed by atoms with Crippen LogP contribution in [0.1, 0.15) is 24.9 Å². The van der Waals surface area contributed by atoms with E-state index in [0.29, 0.717) is 25.4 Å². The van der Waals surface area contributed by atoms with Crippen LogP contribution in [-0.4, -0.2) is 55.2 Å². The number of piperazine rings is 1. The maximum Gasteiger partial charge on any atom is 0.390 e. The summed E-state index contributed by atoms with van der Waals surface area (Å²) in [6, 6.07) is 6.96. The number of carbonyl (C=O) groups is 1. The van der Waals surface area contributed by atoms with Crippen LogP contribution in [0.25, 0.3) is 0 Å². The Morgan fingerprint density at radius 1 is 1.30 bits per heavy atom. The third-order valence-corrected chi connectivity index (χ3v) is 4.12. The average molecular weight is 330 g/mol. The van der Waals surface area contributed by atoms with Gasteiger partial charge < -0.3 is 9.64 Å². The van der Waals surface area contributed by atoms with E-state index in [9.17, 15) is 18.0 Å². The Morgan fingerprint density at radius 3 is 2.61 bits per heavy atom. The van der Waals surface area contributed by atoms with Crippen molar-refractivity contribution in [1.82, 2.24) is 9.80 Å². The van der Waals surface area contributed by atoms with Crippen LogP contribution >= 0.6 is 0 Å². The van der Waals surface area contributed by atoms with Gasteiger partial charge in [-0.25, -0.2) is 0 Å². The Hall–Kier alpha value is -1.76. The van der Waals surface area contributed by atoms with E-state index in [4.69, 9.17) is 4.74 Å². The van der Waals surface area contributed by atoms with Crippen molar-refractivity contribution in [2.24, 2.45) is 0 Å². The van der Waals surface area contributed by atoms with Gasteiger partial charge in [0, 0.05) is 38.7 Å². The molecular weight excluding hydrogens is 309 g/mol. The minimum Gasteiger partial charge on any atom is -0.496 e. The molecule has 0 aliphatic carbocycles. The quantitative estimate of drug-likeness (QED) is 0.851. The fourth-order valence-electron chi connectivity index (χ4n) is 2.88. The third kappa shape index (κ3) is 4.60. The Bertz CT molecular complexity index is 548. The average Bonchev–Trinajstić information content (AvgIpc) is 2.52. The number of ether oxygens (including phenoxy) is 1. The fourth-order valence-corrected chi connectivity index (χ4v) is 2.88. The van der Waals surface area contributed by atoms with Gasteiger partial charge in [-0.3, -0.25) is 9.69 Å². The van der Waals surface area contributed by atoms with Crippen molar-refractivity contribution < 1.29 is 22.7 Å². The molecular formula is C16H21F3N2O2. The lowest BCUT2D eigenvalue weighted by atomic mass is 10.0. The SMILES string of the molecule is COc1ccccc1C1CN(C(C)=O)CCN1CCC(F)(F)F. The number of amides is 1. The Kier molecular flexibility index (Phi) is 5.51. The van der Waals surface area contributed by atoms with Crippen molar-refractivity contribution >= 4 is 5.91 Å². The summed E-state index contributed by atoms with van der Waals surface area (Å²) in [5.41, 5.74) is 0.808. The smallest absolute Gasteiger partial charge is 0.390 e. The minimum atomic E-state index is -4.19. The van der Waals surface area contributed by atoms with Gasteiger partial charge in [0.1, 0.15) is 5.75 Å². The number of para-hydroxylation sites is 1. The molecule has 1 aromatic carbocycles. The number of alkyl halides is 3. The number of hydrogen-bond donors (Lipinski definition) is 0. The highest BCUT2D eigenvalue weighted by molar-refractivity contribution is 5.73. The van der Waals surface area contributed by atoms with Crippen molar-refractivity contribution in [2.45, 2.75) is 25.6 Å². The lowest BCUT2D eigenvalue weighted by Crippen LogP contribution is -2.50. The van der Waals surface area contributed by atoms with E-state index in [1.807, 2.05) is 18.2 Å². The van der Waals surface area contributed by atoms with Crippen LogP contribution in [0.15, 0.2) is 24.3 Å². The summed E-state index contributed by atoms with van der Waals surface area (Å²) in [4.78, 5) is 15.1. The summed E-state index contributed by atoms with van der Waals surface area (Å²) < 4.78 is 43.1. The Labute approximate surface area is 133 Å². The first kappa shape index (κ1) is 17.6. The van der Waals surface area contributed by atoms with Gasteiger partial charge in [0.15, 0.2) is 0 Å². The standard InChI is InChI=1S/C16H21F3N2O2/c1-12(22)21-10-9-20(8-7-16(17,18)19)14(11-21)13-5-3-4-6-15(13)23-2/h3-6,14H,7-11H2,1-2H3. The van der Waals surface area contributed by atoms with Crippen LogP contribution in [-0.2, 0) is 4.79 Å². The first-order valence-electron chi connectivity index (χ1n) is 7.51. The zero-order chi connectivity index (χ0) is 17.0. The van der Waals surface area contributed by atoms with Gasteiger partial charge in [-0.15, -0.1) is 0 Å². The van der Waals surface area contributed by atoms with Crippen molar-refractivity contribution in [1.29, 1.82) is 0 Å². The van der Waals surface area contributed by atoms with Crippen LogP contribution in [0.5, 0.6) is 5.75 Å². The summed E-state index contributed by atoms with van der Waals surface area (Å²) in [5.74, 6) is 0.556. The van der Waals surface area contributed by atoms with Gasteiger partial charge in [-0.2, -0.15) is 13.2 Å². The molecule has 0 spiro atoms. The summed E-state index contributed by atoms with van der Waals surface area (Å²) in [7, 11) is 1.53. The summed E-state index contributed by atoms with van der Waals surface area (Å²) in [5, 5.41) is 0. The molecule has 1 heterocycles. The van der Waals surface area contributed by atoms with E-state index < -0.39 is 12.6 Å². The van der Waals surface area contributed by atoms with Crippen molar-refractivity contribution in [3.05, 3.63) is 29.8 Å². The number of hydrogen-bond acceptors (Lipinski definition) is 3. The van der Waals surface area contributed by atoms with Crippen LogP contribution in [0.3, 0.4) is 0 Å². The van der Waals surface area contributed by atoms with Crippen LogP contribution in [0.4, 0.5) is 13.2 Å². The molecule has 0 N–H and O–H groups in total. The highest BCUT2D eigenvalue weighted by Gasteiger charge is 2.34. The van der Waals surface area contributed by atoms with Crippen LogP contribution < -0.4 is 4.74 Å². The molecule has 1 fully saturated rings. The number of nitrogens with zero attached hydrogens (tertiary/aromatic N) is 2. The first-order chi connectivity index (χ1) is 10.8. The molecule has 1 aliphatic heterocycles. The highest BCUT2D eigenvalue weighted by atomic mass is 19.4. The van der Waals surface area contributed by atoms with Crippen molar-refractivity contribution in [3.63, 3.8) is 0 Å². The maximum absolute atomic E-state index is 12.6. The molecule has 2 rings (SSSR count). The molecule has 0 radical (unpaired) electrons. The molecule has 4 nitrogen and oxygen atoms in total. The third-order valence-electron chi connectivity index (χ3n) is 4.12. The number of carbonyl (C=O) groups excluding carboxylic acids is 1. The van der Waals surface area contributed by atoms with Crippen LogP contribution in [0.2, 0.25) is 0 Å². The maximum atomic E-state index is 12.6. The largest absolute Gasteiger partial charge is 0.496 e. The molecule has 1 unspecified atom stereocenters. The molecule has 1 saturated heterocycles. The van der Waals surface area contributed by atoms with Crippen molar-refractivity contribution in [3.8, 4) is 5.75 Å². The predicted octanol–water partition coefficient (Wildman–Crippen LogP) is 2.85. The molecule has 0 saturated carbocycles. The predicted molar refractivity (Wildman–Crippen MR) is 80.2 cm³/mol. The van der Waals surface area contributed by atoms with Gasteiger partial charge in [0.25, 0.3) is 0 Å². The highest BCUT2D eigenvalue weighted by Crippen LogP contribution is 2.33. The molecule has 1 atom stereocenters. The normalized spacial score (nSPS) is 19.7. The van der Waals surface area contributed by atoms with Gasteiger partial charge in [0.05, 0.1) is 19.6 Å². The van der Waals surface area contributed by atoms with Crippen molar-refractivity contribution in [2.75, 3.05) is 33.3 Å². The molecule has 1 aromatic rings. The van der Waals surface area contributed by atoms with E-state index in [0.717, 1.165) is 5.56 Å². The molecule has 128 valence electrons. The fraction of sp³-hybridized carbons (Fsp3) is 0.562. The van der Waals surface area contributed by atoms with Gasteiger partial charge >= 0.3 is 6.18 Å². The topological polar surface area (TPSA) is 32.8 Å². The number of rotatable bonds is 4. The molecule has 1 aliphatic rings. The monoisotopic (exact) mass is 330 g/mol. The molecule has 7 heteroatoms. The summed E-state index contributed by atoms with van der Waals surface area (Å²) in [6.07, 6.45) is -5.05. The number of methoxy groups -OCH3 is 1. The second-order valence-electron chi connectivity index (χ2n) is 5.62. The first-order valence-corrected chi connectivity index (χ1v) is 7.51. The Balaban J connectivity index is 2.24. The van der Waals surface area contributed by atoms with E-state index in [-0.39, 0.29) is 18.5 Å². The lowest BCUT2D eigenvalue weighted by molar-refractivity contribution is -0.143. The van der Waals surface area contributed by atoms with E-state index in [1.165, 1.54) is 14.0 Å². The Morgan fingerprint density at radius 2 is 2.00 bits per heavy atom. The van der Waals surface area contributed by atoms with Gasteiger partial charge in [-0.05, 0) is 6.07 Å². The zero-order valence-corrected chi connectivity index (χ0v) is 13.3. The van der Waals surface area contributed by atoms with Crippen LogP contribution in [0, 0.1) is 0 Å². The molecule has 23 heavy (non-hydrogen) atoms. The second kappa shape index (κ2) is 7.21.